The molecule has 4 amide bonds. The summed E-state index contributed by atoms with van der Waals surface area (Å²) in [6.07, 6.45) is 4.26. The highest BCUT2D eigenvalue weighted by Crippen LogP contribution is 2.40. The number of ether oxygens (including phenoxy) is 3. The van der Waals surface area contributed by atoms with Gasteiger partial charge in [0.2, 0.25) is 11.8 Å². The van der Waals surface area contributed by atoms with Gasteiger partial charge in [-0.25, -0.2) is 14.6 Å². The maximum Gasteiger partial charge on any atom is 0.407 e. The molecule has 15 heteroatoms. The zero-order valence-electron chi connectivity index (χ0n) is 33.9. The number of benzene rings is 3. The van der Waals surface area contributed by atoms with Crippen LogP contribution in [0.1, 0.15) is 57.0 Å². The fourth-order valence-corrected chi connectivity index (χ4v) is 10.1. The van der Waals surface area contributed by atoms with Gasteiger partial charge in [-0.05, 0) is 82.7 Å². The number of nitrogens with one attached hydrogen (secondary N) is 3. The highest BCUT2D eigenvalue weighted by molar-refractivity contribution is 8.00. The lowest BCUT2D eigenvalue weighted by Crippen LogP contribution is -2.53. The molecule has 0 spiro atoms. The van der Waals surface area contributed by atoms with E-state index in [9.17, 15) is 19.2 Å². The van der Waals surface area contributed by atoms with Crippen LogP contribution in [0.4, 0.5) is 15.3 Å². The number of imidazole rings is 1. The third-order valence-corrected chi connectivity index (χ3v) is 13.3. The molecule has 4 aliphatic rings. The van der Waals surface area contributed by atoms with Crippen LogP contribution in [0.5, 0.6) is 0 Å². The summed E-state index contributed by atoms with van der Waals surface area (Å²) in [4.78, 5) is 69.0. The number of hydrogen-bond donors (Lipinski definition) is 3. The minimum absolute atomic E-state index is 0.0267. The van der Waals surface area contributed by atoms with Gasteiger partial charge in [0.05, 0.1) is 43.6 Å². The third-order valence-electron chi connectivity index (χ3n) is 12.0. The summed E-state index contributed by atoms with van der Waals surface area (Å²) in [5.41, 5.74) is 7.06. The number of likely N-dealkylation sites (tertiary alicyclic amines) is 1. The number of aromatic amines is 1. The Bertz CT molecular complexity index is 2250. The van der Waals surface area contributed by atoms with Crippen molar-refractivity contribution in [1.29, 1.82) is 0 Å². The van der Waals surface area contributed by atoms with Crippen molar-refractivity contribution in [2.24, 2.45) is 16.8 Å². The average molecular weight is 822 g/mol. The van der Waals surface area contributed by atoms with E-state index in [4.69, 9.17) is 24.2 Å². The summed E-state index contributed by atoms with van der Waals surface area (Å²) in [6.45, 7) is 6.14. The van der Waals surface area contributed by atoms with Gasteiger partial charge < -0.3 is 39.6 Å². The molecule has 3 fully saturated rings. The van der Waals surface area contributed by atoms with E-state index < -0.39 is 24.3 Å². The Balaban J connectivity index is 0.946. The third kappa shape index (κ3) is 8.27. The quantitative estimate of drug-likeness (QED) is 0.159. The molecule has 3 N–H and O–H groups in total. The summed E-state index contributed by atoms with van der Waals surface area (Å²) in [5, 5.41) is 7.60. The van der Waals surface area contributed by atoms with Gasteiger partial charge in [-0.2, -0.15) is 0 Å². The van der Waals surface area contributed by atoms with Gasteiger partial charge in [-0.15, -0.1) is 11.8 Å². The van der Waals surface area contributed by atoms with E-state index in [1.807, 2.05) is 29.8 Å². The van der Waals surface area contributed by atoms with E-state index in [0.29, 0.717) is 45.6 Å². The van der Waals surface area contributed by atoms with E-state index in [1.165, 1.54) is 14.2 Å². The Morgan fingerprint density at radius 1 is 0.864 bits per heavy atom. The highest BCUT2D eigenvalue weighted by Gasteiger charge is 2.41. The van der Waals surface area contributed by atoms with Gasteiger partial charge in [0.1, 0.15) is 23.3 Å². The number of aliphatic imine (C=N–C) groups is 1. The molecule has 0 radical (unpaired) electrons. The molecule has 3 saturated heterocycles. The van der Waals surface area contributed by atoms with Crippen LogP contribution < -0.4 is 10.6 Å². The molecule has 0 bridgehead atoms. The topological polar surface area (TPSA) is 168 Å². The summed E-state index contributed by atoms with van der Waals surface area (Å²) in [7, 11) is 2.61. The number of H-pyrrole nitrogens is 1. The van der Waals surface area contributed by atoms with Crippen molar-refractivity contribution in [2.75, 3.05) is 46.3 Å². The molecule has 4 aliphatic heterocycles. The standard InChI is InChI=1S/C44H51N7O7S/c1-25(2)37(48-43(54)56-3)40(52)51-18-21-59-42(51)34-23-32-31-13-11-29(22-30(31)12-14-33(32)46-34)26-7-9-27(10-8-26)35-24-45-39(47-35)36-6-5-17-50(36)41(53)38(49-44(55)57-4)28-15-19-58-20-16-28/h7-14,22,24-25,28,36-38,42H,5-6,15-21,23H2,1-4H3,(H,45,47)(H,48,54)(H,49,55)/t36-,37-,38-,42-/m0/s1. The molecule has 0 saturated carbocycles. The Morgan fingerprint density at radius 3 is 2.34 bits per heavy atom. The number of rotatable bonds is 10. The summed E-state index contributed by atoms with van der Waals surface area (Å²) < 4.78 is 15.2. The lowest BCUT2D eigenvalue weighted by atomic mass is 9.90. The number of methoxy groups -OCH3 is 2. The summed E-state index contributed by atoms with van der Waals surface area (Å²) in [6, 6.07) is 17.5. The fourth-order valence-electron chi connectivity index (χ4n) is 8.83. The van der Waals surface area contributed by atoms with E-state index in [1.54, 1.807) is 11.8 Å². The Hall–Kier alpha value is -5.41. The van der Waals surface area contributed by atoms with Crippen LogP contribution in [0.2, 0.25) is 0 Å². The van der Waals surface area contributed by atoms with Crippen LogP contribution in [-0.2, 0) is 30.2 Å². The van der Waals surface area contributed by atoms with Crippen LogP contribution in [0.25, 0.3) is 33.2 Å². The van der Waals surface area contributed by atoms with Gasteiger partial charge in [-0.1, -0.05) is 56.3 Å². The molecule has 310 valence electrons. The van der Waals surface area contributed by atoms with Crippen LogP contribution in [0.3, 0.4) is 0 Å². The molecular formula is C44H51N7O7S. The molecule has 3 aromatic carbocycles. The minimum Gasteiger partial charge on any atom is -0.453 e. The predicted molar refractivity (Wildman–Crippen MR) is 226 cm³/mol. The average Bonchev–Trinajstić information content (AvgIpc) is 4.10. The first-order valence-electron chi connectivity index (χ1n) is 20.4. The number of aromatic nitrogens is 2. The van der Waals surface area contributed by atoms with Gasteiger partial charge in [0.15, 0.2) is 0 Å². The van der Waals surface area contributed by atoms with E-state index >= 15 is 0 Å². The number of amides is 4. The smallest absolute Gasteiger partial charge is 0.407 e. The second-order valence-corrected chi connectivity index (χ2v) is 17.1. The van der Waals surface area contributed by atoms with Crippen molar-refractivity contribution < 1.29 is 33.4 Å². The molecule has 14 nitrogen and oxygen atoms in total. The maximum atomic E-state index is 14.0. The minimum atomic E-state index is -0.683. The second kappa shape index (κ2) is 17.4. The monoisotopic (exact) mass is 821 g/mol. The van der Waals surface area contributed by atoms with Crippen molar-refractivity contribution in [3.05, 3.63) is 72.2 Å². The lowest BCUT2D eigenvalue weighted by Gasteiger charge is -2.34. The zero-order chi connectivity index (χ0) is 41.2. The number of fused-ring (bicyclic) bond motifs is 3. The number of carbonyl (C=O) groups is 4. The normalized spacial score (nSPS) is 20.3. The van der Waals surface area contributed by atoms with Crippen molar-refractivity contribution in [2.45, 2.75) is 69.5 Å². The van der Waals surface area contributed by atoms with Crippen molar-refractivity contribution >= 4 is 57.9 Å². The number of hydrogen-bond acceptors (Lipinski definition) is 10. The molecule has 4 atom stereocenters. The second-order valence-electron chi connectivity index (χ2n) is 15.9. The van der Waals surface area contributed by atoms with Gasteiger partial charge in [0, 0.05) is 38.5 Å². The van der Waals surface area contributed by atoms with Crippen molar-refractivity contribution in [3.63, 3.8) is 0 Å². The maximum absolute atomic E-state index is 14.0. The van der Waals surface area contributed by atoms with Crippen LogP contribution in [-0.4, -0.2) is 113 Å². The number of carbonyl (C=O) groups excluding carboxylic acids is 4. The van der Waals surface area contributed by atoms with Crippen molar-refractivity contribution in [1.82, 2.24) is 30.4 Å². The van der Waals surface area contributed by atoms with E-state index in [0.717, 1.165) is 74.5 Å². The Labute approximate surface area is 347 Å². The summed E-state index contributed by atoms with van der Waals surface area (Å²) >= 11 is 1.71. The van der Waals surface area contributed by atoms with Crippen LogP contribution in [0.15, 0.2) is 65.8 Å². The predicted octanol–water partition coefficient (Wildman–Crippen LogP) is 6.62. The van der Waals surface area contributed by atoms with Gasteiger partial charge >= 0.3 is 12.2 Å². The summed E-state index contributed by atoms with van der Waals surface area (Å²) in [5.74, 6) is 1.17. The number of alkyl carbamates (subject to hydrolysis) is 2. The molecule has 4 aromatic rings. The largest absolute Gasteiger partial charge is 0.453 e. The molecule has 8 rings (SSSR count). The van der Waals surface area contributed by atoms with Crippen LogP contribution in [0, 0.1) is 11.8 Å². The molecule has 0 aliphatic carbocycles. The van der Waals surface area contributed by atoms with Crippen LogP contribution >= 0.6 is 11.8 Å². The molecule has 5 heterocycles. The Kier molecular flexibility index (Phi) is 11.9. The van der Waals surface area contributed by atoms with E-state index in [2.05, 4.69) is 70.2 Å². The fraction of sp³-hybridized carbons (Fsp3) is 0.455. The van der Waals surface area contributed by atoms with Gasteiger partial charge in [-0.3, -0.25) is 14.6 Å². The lowest BCUT2D eigenvalue weighted by molar-refractivity contribution is -0.137. The first-order chi connectivity index (χ1) is 28.6. The van der Waals surface area contributed by atoms with Gasteiger partial charge in [0.25, 0.3) is 0 Å². The number of nitrogens with zero attached hydrogens (tertiary/aromatic N) is 4. The number of thioether (sulfide) groups is 1. The van der Waals surface area contributed by atoms with E-state index in [-0.39, 0.29) is 35.1 Å². The van der Waals surface area contributed by atoms with Crippen molar-refractivity contribution in [3.8, 4) is 22.4 Å². The first kappa shape index (κ1) is 40.4. The molecule has 0 unspecified atom stereocenters. The molecule has 1 aromatic heterocycles. The molecular weight excluding hydrogens is 771 g/mol. The molecule has 59 heavy (non-hydrogen) atoms. The highest BCUT2D eigenvalue weighted by atomic mass is 32.2. The first-order valence-corrected chi connectivity index (χ1v) is 21.5. The SMILES string of the molecule is COC(=O)N[C@H](C(=O)N1CCS[C@H]1C1=Nc2ccc3cc(-c4ccc(-c5cnc([C@@H]6CCCN6C(=O)[C@@H](NC(=O)OC)C6CCOCC6)[nH]5)cc4)ccc3c2C1)C(C)C. The zero-order valence-corrected chi connectivity index (χ0v) is 34.7. The Morgan fingerprint density at radius 2 is 1.59 bits per heavy atom.